The molecule has 106 valence electrons. The van der Waals surface area contributed by atoms with E-state index in [1.165, 1.54) is 0 Å². The average molecular weight is 318 g/mol. The first-order chi connectivity index (χ1) is 9.40. The van der Waals surface area contributed by atoms with Gasteiger partial charge in [-0.25, -0.2) is 4.98 Å². The number of ketones is 1. The van der Waals surface area contributed by atoms with E-state index in [0.29, 0.717) is 15.6 Å². The third-order valence-electron chi connectivity index (χ3n) is 2.13. The molecule has 0 saturated carbocycles. The van der Waals surface area contributed by atoms with E-state index < -0.39 is 5.09 Å². The number of rotatable bonds is 3. The summed E-state index contributed by atoms with van der Waals surface area (Å²) in [7, 11) is 0. The molecule has 7 nitrogen and oxygen atoms in total. The lowest BCUT2D eigenvalue weighted by Crippen LogP contribution is -2.08. The zero-order chi connectivity index (χ0) is 15.1. The summed E-state index contributed by atoms with van der Waals surface area (Å²) in [5.41, 5.74) is 0.545. The molecule has 0 aliphatic rings. The van der Waals surface area contributed by atoms with Crippen LogP contribution in [0.5, 0.6) is 0 Å². The van der Waals surface area contributed by atoms with Gasteiger partial charge in [0, 0.05) is 18.0 Å². The van der Waals surface area contributed by atoms with Crippen LogP contribution in [-0.4, -0.2) is 25.6 Å². The number of nitrogens with zero attached hydrogens (tertiary/aromatic N) is 3. The number of aromatic nitrogens is 2. The lowest BCUT2D eigenvalue weighted by Gasteiger charge is -2.03. The van der Waals surface area contributed by atoms with Crippen molar-refractivity contribution in [3.8, 4) is 0 Å². The third kappa shape index (κ3) is 5.25. The van der Waals surface area contributed by atoms with Crippen molar-refractivity contribution in [2.45, 2.75) is 6.54 Å². The summed E-state index contributed by atoms with van der Waals surface area (Å²) in [4.78, 5) is 24.1. The number of benzene rings is 1. The van der Waals surface area contributed by atoms with Gasteiger partial charge in [0.1, 0.15) is 0 Å². The molecule has 20 heavy (non-hydrogen) atoms. The monoisotopic (exact) mass is 317 g/mol. The van der Waals surface area contributed by atoms with E-state index in [9.17, 15) is 4.79 Å². The van der Waals surface area contributed by atoms with E-state index in [-0.39, 0.29) is 12.3 Å². The van der Waals surface area contributed by atoms with Crippen LogP contribution >= 0.6 is 23.2 Å². The molecule has 0 bridgehead atoms. The van der Waals surface area contributed by atoms with E-state index in [0.717, 1.165) is 0 Å². The molecule has 0 atom stereocenters. The Morgan fingerprint density at radius 2 is 2.05 bits per heavy atom. The molecule has 0 unspecified atom stereocenters. The molecule has 0 saturated heterocycles. The van der Waals surface area contributed by atoms with E-state index in [4.69, 9.17) is 38.5 Å². The van der Waals surface area contributed by atoms with Gasteiger partial charge in [-0.05, 0) is 18.2 Å². The lowest BCUT2D eigenvalue weighted by atomic mass is 10.1. The number of halogens is 2. The summed E-state index contributed by atoms with van der Waals surface area (Å²) in [6.07, 6.45) is 4.95. The summed E-state index contributed by atoms with van der Waals surface area (Å²) in [6.45, 7) is 0.248. The van der Waals surface area contributed by atoms with Crippen molar-refractivity contribution in [2.24, 2.45) is 0 Å². The summed E-state index contributed by atoms with van der Waals surface area (Å²) in [5.74, 6) is -0.0310. The van der Waals surface area contributed by atoms with Crippen LogP contribution in [0, 0.1) is 10.1 Å². The lowest BCUT2D eigenvalue weighted by molar-refractivity contribution is -0.742. The highest BCUT2D eigenvalue weighted by molar-refractivity contribution is 6.42. The molecule has 0 aliphatic carbocycles. The molecule has 1 aromatic heterocycles. The Labute approximate surface area is 123 Å². The Hall–Kier alpha value is -2.12. The number of imidazole rings is 1. The minimum Gasteiger partial charge on any atom is -0.330 e. The van der Waals surface area contributed by atoms with E-state index >= 15 is 0 Å². The number of carbonyl (C=O) groups excluding carboxylic acids is 1. The largest absolute Gasteiger partial charge is 0.330 e. The molecule has 1 N–H and O–H groups in total. The number of hydrogen-bond acceptors (Lipinski definition) is 4. The highest BCUT2D eigenvalue weighted by atomic mass is 35.5. The van der Waals surface area contributed by atoms with Crippen LogP contribution in [0.3, 0.4) is 0 Å². The van der Waals surface area contributed by atoms with Crippen molar-refractivity contribution >= 4 is 29.0 Å². The second-order valence-electron chi connectivity index (χ2n) is 3.52. The summed E-state index contributed by atoms with van der Waals surface area (Å²) >= 11 is 11.6. The normalized spacial score (nSPS) is 9.50. The van der Waals surface area contributed by atoms with Crippen molar-refractivity contribution in [3.63, 3.8) is 0 Å². The smallest absolute Gasteiger partial charge is 0.291 e. The van der Waals surface area contributed by atoms with Crippen molar-refractivity contribution in [2.75, 3.05) is 0 Å². The van der Waals surface area contributed by atoms with Gasteiger partial charge >= 0.3 is 0 Å². The van der Waals surface area contributed by atoms with Crippen LogP contribution in [-0.2, 0) is 6.54 Å². The van der Waals surface area contributed by atoms with Gasteiger partial charge in [0.05, 0.1) is 22.9 Å². The first-order valence-electron chi connectivity index (χ1n) is 5.17. The van der Waals surface area contributed by atoms with Gasteiger partial charge in [-0.15, -0.1) is 10.1 Å². The Balaban J connectivity index is 0.000000444. The summed E-state index contributed by atoms with van der Waals surface area (Å²) < 4.78 is 1.70. The van der Waals surface area contributed by atoms with Gasteiger partial charge < -0.3 is 9.77 Å². The van der Waals surface area contributed by atoms with Crippen molar-refractivity contribution in [1.82, 2.24) is 9.55 Å². The zero-order valence-electron chi connectivity index (χ0n) is 9.94. The Morgan fingerprint density at radius 3 is 2.55 bits per heavy atom. The number of Topliss-reactive ketones (excluding diaryl/α,β-unsaturated/α-hetero) is 1. The molecule has 1 heterocycles. The third-order valence-corrected chi connectivity index (χ3v) is 2.87. The van der Waals surface area contributed by atoms with Crippen LogP contribution in [0.2, 0.25) is 10.0 Å². The van der Waals surface area contributed by atoms with Gasteiger partial charge in [0.15, 0.2) is 5.78 Å². The van der Waals surface area contributed by atoms with Crippen LogP contribution in [0.4, 0.5) is 0 Å². The molecule has 1 aromatic carbocycles. The van der Waals surface area contributed by atoms with Gasteiger partial charge in [0.25, 0.3) is 5.09 Å². The molecular formula is C11H9Cl2N3O4. The van der Waals surface area contributed by atoms with Crippen molar-refractivity contribution in [3.05, 3.63) is 62.6 Å². The quantitative estimate of drug-likeness (QED) is 0.533. The standard InChI is InChI=1S/C11H8Cl2N2O.HNO3/c12-9-2-1-8(5-10(9)13)11(16)6-15-4-3-14-7-15;2-1(3)4/h1-5,7H,6H2;(H,2,3,4). The first-order valence-corrected chi connectivity index (χ1v) is 5.93. The maximum absolute atomic E-state index is 11.8. The fourth-order valence-electron chi connectivity index (χ4n) is 1.31. The molecule has 0 aliphatic heterocycles. The number of carbonyl (C=O) groups is 1. The molecule has 0 spiro atoms. The highest BCUT2D eigenvalue weighted by Gasteiger charge is 2.08. The van der Waals surface area contributed by atoms with E-state index in [1.807, 2.05) is 0 Å². The number of hydrogen-bond donors (Lipinski definition) is 1. The van der Waals surface area contributed by atoms with Crippen LogP contribution in [0.15, 0.2) is 36.9 Å². The van der Waals surface area contributed by atoms with Gasteiger partial charge in [-0.2, -0.15) is 0 Å². The van der Waals surface area contributed by atoms with Crippen molar-refractivity contribution in [1.29, 1.82) is 0 Å². The fraction of sp³-hybridized carbons (Fsp3) is 0.0909. The van der Waals surface area contributed by atoms with Crippen LogP contribution in [0.1, 0.15) is 10.4 Å². The average Bonchev–Trinajstić information content (AvgIpc) is 2.84. The molecule has 0 radical (unpaired) electrons. The fourth-order valence-corrected chi connectivity index (χ4v) is 1.61. The maximum atomic E-state index is 11.8. The van der Waals surface area contributed by atoms with Crippen molar-refractivity contribution < 1.29 is 15.1 Å². The Morgan fingerprint density at radius 1 is 1.40 bits per heavy atom. The summed E-state index contributed by atoms with van der Waals surface area (Å²) in [5, 5.41) is 14.5. The zero-order valence-corrected chi connectivity index (χ0v) is 11.5. The van der Waals surface area contributed by atoms with Crippen LogP contribution < -0.4 is 0 Å². The predicted molar refractivity (Wildman–Crippen MR) is 71.8 cm³/mol. The second kappa shape index (κ2) is 7.46. The van der Waals surface area contributed by atoms with Gasteiger partial charge in [0.2, 0.25) is 0 Å². The predicted octanol–water partition coefficient (Wildman–Crippen LogP) is 2.73. The maximum Gasteiger partial charge on any atom is 0.291 e. The molecule has 2 aromatic rings. The molecule has 9 heteroatoms. The summed E-state index contributed by atoms with van der Waals surface area (Å²) in [6, 6.07) is 4.85. The molecule has 0 amide bonds. The molecule has 0 fully saturated rings. The van der Waals surface area contributed by atoms with Crippen LogP contribution in [0.25, 0.3) is 0 Å². The second-order valence-corrected chi connectivity index (χ2v) is 4.34. The van der Waals surface area contributed by atoms with E-state index in [2.05, 4.69) is 4.98 Å². The minimum atomic E-state index is -1.50. The highest BCUT2D eigenvalue weighted by Crippen LogP contribution is 2.22. The molecule has 2 rings (SSSR count). The molecular weight excluding hydrogens is 309 g/mol. The van der Waals surface area contributed by atoms with Gasteiger partial charge in [-0.3, -0.25) is 4.79 Å². The Kier molecular flexibility index (Phi) is 5.95. The topological polar surface area (TPSA) is 98.3 Å². The van der Waals surface area contributed by atoms with Gasteiger partial charge in [-0.1, -0.05) is 23.2 Å². The SMILES string of the molecule is O=C(Cn1ccnc1)c1ccc(Cl)c(Cl)c1.O=[N+]([O-])O. The Bertz CT molecular complexity index is 598. The first kappa shape index (κ1) is 15.9. The minimum absolute atomic E-state index is 0.0310. The van der Waals surface area contributed by atoms with E-state index in [1.54, 1.807) is 41.5 Å².